The van der Waals surface area contributed by atoms with E-state index >= 15 is 0 Å². The van der Waals surface area contributed by atoms with Gasteiger partial charge in [0, 0.05) is 45.8 Å². The van der Waals surface area contributed by atoms with E-state index in [1.807, 2.05) is 250 Å². The molecule has 0 bridgehead atoms. The SMILES string of the molecule is Cc1ccc(CN2C(=O)C(Cl)=C(Sc3ccc(C)cc3)[C@@H]2O)cc1.Cc1ccc(CN2C(=O)C(Cl)=C(Sc3ccc(C)cc3)[C@@H]2O)cc1.Cc1ccc(CN2C(=O)C(Cl)=C(Sc3ccc(C)cc3)[C@H]2O)cc1.Cc1ccc(CN2C(=O)C(Cl)=C(Sc3ccc(C)cc3)[C@H]2O)cc1. The lowest BCUT2D eigenvalue weighted by atomic mass is 10.1. The Morgan fingerprint density at radius 3 is 0.542 bits per heavy atom. The number of aliphatic hydroxyl groups is 4. The van der Waals surface area contributed by atoms with Crippen molar-refractivity contribution in [3.05, 3.63) is 301 Å². The van der Waals surface area contributed by atoms with Crippen molar-refractivity contribution in [1.82, 2.24) is 19.6 Å². The quantitative estimate of drug-likeness (QED) is 0.0726. The molecule has 0 saturated carbocycles. The van der Waals surface area contributed by atoms with Crippen molar-refractivity contribution in [3.63, 3.8) is 0 Å². The third kappa shape index (κ3) is 18.8. The number of rotatable bonds is 16. The summed E-state index contributed by atoms with van der Waals surface area (Å²) in [6, 6.07) is 63.1. The summed E-state index contributed by atoms with van der Waals surface area (Å²) in [6.07, 6.45) is -4.06. The molecule has 4 aliphatic rings. The molecule has 20 heteroatoms. The third-order valence-electron chi connectivity index (χ3n) is 15.7. The molecule has 4 N–H and O–H groups in total. The van der Waals surface area contributed by atoms with E-state index in [4.69, 9.17) is 46.4 Å². The van der Waals surface area contributed by atoms with Gasteiger partial charge in [-0.15, -0.1) is 0 Å². The van der Waals surface area contributed by atoms with Gasteiger partial charge in [-0.05, 0) is 126 Å². The summed E-state index contributed by atoms with van der Waals surface area (Å²) in [6.45, 7) is 17.4. The Hall–Kier alpha value is -7.00. The molecule has 0 spiro atoms. The smallest absolute Gasteiger partial charge is 0.268 e. The molecule has 4 amide bonds. The Morgan fingerprint density at radius 2 is 0.396 bits per heavy atom. The number of nitrogens with zero attached hydrogens (tertiary/aromatic N) is 4. The Bertz CT molecular complexity index is 3680. The predicted octanol–water partition coefficient (Wildman–Crippen LogP) is 16.8. The highest BCUT2D eigenvalue weighted by Crippen LogP contribution is 2.44. The Labute approximate surface area is 598 Å². The van der Waals surface area contributed by atoms with E-state index in [2.05, 4.69) is 0 Å². The maximum atomic E-state index is 12.4. The minimum Gasteiger partial charge on any atom is -0.369 e. The van der Waals surface area contributed by atoms with Gasteiger partial charge in [-0.25, -0.2) is 0 Å². The van der Waals surface area contributed by atoms with Crippen LogP contribution in [0.1, 0.15) is 66.8 Å². The zero-order valence-electron chi connectivity index (χ0n) is 54.0. The Balaban J connectivity index is 0.000000150. The van der Waals surface area contributed by atoms with Crippen LogP contribution in [0.5, 0.6) is 0 Å². The van der Waals surface area contributed by atoms with Crippen molar-refractivity contribution in [2.45, 2.75) is 126 Å². The third-order valence-corrected chi connectivity index (χ3v) is 22.1. The average Bonchev–Trinajstić information content (AvgIpc) is 1.68. The molecule has 496 valence electrons. The topological polar surface area (TPSA) is 162 Å². The molecular formula is C76H72Cl4N4O8S4. The largest absolute Gasteiger partial charge is 0.369 e. The van der Waals surface area contributed by atoms with Crippen LogP contribution in [0, 0.1) is 55.4 Å². The van der Waals surface area contributed by atoms with E-state index < -0.39 is 24.9 Å². The van der Waals surface area contributed by atoms with Gasteiger partial charge in [-0.1, -0.05) is 284 Å². The minimum atomic E-state index is -1.02. The van der Waals surface area contributed by atoms with Crippen LogP contribution in [-0.2, 0) is 45.4 Å². The second-order valence-corrected chi connectivity index (χ2v) is 29.5. The second-order valence-electron chi connectivity index (χ2n) is 23.5. The Morgan fingerprint density at radius 1 is 0.260 bits per heavy atom. The average molecular weight is 1440 g/mol. The zero-order chi connectivity index (χ0) is 69.1. The molecule has 0 aliphatic carbocycles. The van der Waals surface area contributed by atoms with Crippen LogP contribution < -0.4 is 0 Å². The first-order valence-electron chi connectivity index (χ1n) is 30.6. The second kappa shape index (κ2) is 33.5. The standard InChI is InChI=1S/4C19H18ClNO2S/c4*1-12-3-7-14(8-4-12)11-21-18(22)16(20)17(19(21)23)24-15-9-5-13(2)6-10-15/h4*3-10,19,23H,11H2,1-2H3/t4*19-/m1100/s1. The number of carbonyl (C=O) groups is 4. The van der Waals surface area contributed by atoms with Crippen molar-refractivity contribution in [2.75, 3.05) is 0 Å². The van der Waals surface area contributed by atoms with Crippen LogP contribution in [0.15, 0.2) is 253 Å². The van der Waals surface area contributed by atoms with Gasteiger partial charge in [-0.2, -0.15) is 0 Å². The molecule has 4 atom stereocenters. The fourth-order valence-electron chi connectivity index (χ4n) is 9.91. The van der Waals surface area contributed by atoms with E-state index in [0.29, 0.717) is 45.8 Å². The Kier molecular flexibility index (Phi) is 25.6. The van der Waals surface area contributed by atoms with Crippen molar-refractivity contribution < 1.29 is 39.6 Å². The molecule has 4 heterocycles. The van der Waals surface area contributed by atoms with Gasteiger partial charge in [0.15, 0.2) is 24.9 Å². The number of aliphatic hydroxyl groups excluding tert-OH is 4. The summed E-state index contributed by atoms with van der Waals surface area (Å²) in [5.74, 6) is -1.34. The first-order chi connectivity index (χ1) is 45.8. The summed E-state index contributed by atoms with van der Waals surface area (Å²) >= 11 is 30.1. The molecule has 8 aromatic rings. The van der Waals surface area contributed by atoms with Crippen molar-refractivity contribution in [1.29, 1.82) is 0 Å². The lowest BCUT2D eigenvalue weighted by molar-refractivity contribution is -0.132. The number of thioether (sulfide) groups is 4. The van der Waals surface area contributed by atoms with Crippen molar-refractivity contribution in [2.24, 2.45) is 0 Å². The van der Waals surface area contributed by atoms with Crippen LogP contribution in [0.4, 0.5) is 0 Å². The van der Waals surface area contributed by atoms with E-state index in [9.17, 15) is 39.6 Å². The summed E-state index contributed by atoms with van der Waals surface area (Å²) < 4.78 is 0. The first kappa shape index (κ1) is 73.3. The summed E-state index contributed by atoms with van der Waals surface area (Å²) in [4.78, 5) is 60.9. The fourth-order valence-corrected chi connectivity index (χ4v) is 14.9. The molecule has 8 aromatic carbocycles. The lowest BCUT2D eigenvalue weighted by Gasteiger charge is -2.22. The number of amides is 4. The molecule has 12 rings (SSSR count). The highest BCUT2D eigenvalue weighted by molar-refractivity contribution is 8.04. The van der Waals surface area contributed by atoms with Gasteiger partial charge in [0.1, 0.15) is 20.1 Å². The van der Waals surface area contributed by atoms with E-state index in [1.54, 1.807) is 0 Å². The van der Waals surface area contributed by atoms with Crippen LogP contribution in [0.25, 0.3) is 0 Å². The van der Waals surface area contributed by atoms with Gasteiger partial charge < -0.3 is 40.0 Å². The molecule has 96 heavy (non-hydrogen) atoms. The van der Waals surface area contributed by atoms with E-state index in [0.717, 1.165) is 86.3 Å². The highest BCUT2D eigenvalue weighted by atomic mass is 35.5. The maximum absolute atomic E-state index is 12.4. The van der Waals surface area contributed by atoms with Gasteiger partial charge in [0.05, 0.1) is 19.6 Å². The predicted molar refractivity (Wildman–Crippen MR) is 391 cm³/mol. The monoisotopic (exact) mass is 1440 g/mol. The summed E-state index contributed by atoms with van der Waals surface area (Å²) in [5, 5.41) is 42.6. The molecule has 0 saturated heterocycles. The molecule has 0 radical (unpaired) electrons. The van der Waals surface area contributed by atoms with Crippen LogP contribution in [-0.4, -0.2) is 88.6 Å². The molecule has 0 fully saturated rings. The van der Waals surface area contributed by atoms with Crippen LogP contribution in [0.3, 0.4) is 0 Å². The van der Waals surface area contributed by atoms with E-state index in [-0.39, 0.29) is 43.8 Å². The fraction of sp³-hybridized carbons (Fsp3) is 0.211. The number of halogens is 4. The van der Waals surface area contributed by atoms with Crippen molar-refractivity contribution >= 4 is 117 Å². The van der Waals surface area contributed by atoms with E-state index in [1.165, 1.54) is 66.6 Å². The molecule has 12 nitrogen and oxygen atoms in total. The molecule has 0 unspecified atom stereocenters. The number of hydrogen-bond donors (Lipinski definition) is 4. The zero-order valence-corrected chi connectivity index (χ0v) is 60.3. The van der Waals surface area contributed by atoms with Crippen LogP contribution >= 0.6 is 93.5 Å². The molecular weight excluding hydrogens is 1370 g/mol. The van der Waals surface area contributed by atoms with Gasteiger partial charge in [0.25, 0.3) is 23.6 Å². The summed E-state index contributed by atoms with van der Waals surface area (Å²) in [5.41, 5.74) is 13.1. The van der Waals surface area contributed by atoms with Gasteiger partial charge in [0.2, 0.25) is 0 Å². The number of aryl methyl sites for hydroxylation is 8. The van der Waals surface area contributed by atoms with Crippen molar-refractivity contribution in [3.8, 4) is 0 Å². The normalized spacial score (nSPS) is 17.8. The first-order valence-corrected chi connectivity index (χ1v) is 35.3. The molecule has 4 aliphatic heterocycles. The number of benzene rings is 8. The minimum absolute atomic E-state index is 0.0974. The highest BCUT2D eigenvalue weighted by Gasteiger charge is 2.41. The van der Waals surface area contributed by atoms with Crippen LogP contribution in [0.2, 0.25) is 0 Å². The van der Waals surface area contributed by atoms with Gasteiger partial charge in [-0.3, -0.25) is 19.2 Å². The maximum Gasteiger partial charge on any atom is 0.268 e. The number of carbonyl (C=O) groups excluding carboxylic acids is 4. The van der Waals surface area contributed by atoms with Gasteiger partial charge >= 0.3 is 0 Å². The lowest BCUT2D eigenvalue weighted by Crippen LogP contribution is -2.34. The number of hydrogen-bond acceptors (Lipinski definition) is 12. The molecule has 0 aromatic heterocycles. The summed E-state index contributed by atoms with van der Waals surface area (Å²) in [7, 11) is 0.